The van der Waals surface area contributed by atoms with Gasteiger partial charge < -0.3 is 9.29 Å². The largest absolute Gasteiger partial charge is 0.748 e. The van der Waals surface area contributed by atoms with Crippen LogP contribution in [0.5, 0.6) is 0 Å². The molecule has 7 heteroatoms. The van der Waals surface area contributed by atoms with E-state index in [4.69, 9.17) is 4.74 Å². The summed E-state index contributed by atoms with van der Waals surface area (Å²) in [6, 6.07) is 28.8. The molecule has 0 bridgehead atoms. The van der Waals surface area contributed by atoms with Crippen LogP contribution >= 0.6 is 11.3 Å². The predicted octanol–water partition coefficient (Wildman–Crippen LogP) is 7.66. The SMILES string of the molecule is O=S(=O)([O-])CCC[n+]1c(/C=C/C=C/C2=C3OC(c4ccccc4)=CC(c4ccccc4)=C3CCC2)sc2ccccc21. The van der Waals surface area contributed by atoms with Gasteiger partial charge in [0.25, 0.3) is 5.01 Å². The molecule has 5 nitrogen and oxygen atoms in total. The summed E-state index contributed by atoms with van der Waals surface area (Å²) in [6.07, 6.45) is 13.7. The Labute approximate surface area is 250 Å². The summed E-state index contributed by atoms with van der Waals surface area (Å²) in [7, 11) is -4.24. The summed E-state index contributed by atoms with van der Waals surface area (Å²) in [5.41, 5.74) is 6.89. The number of fused-ring (bicyclic) bond motifs is 2. The van der Waals surface area contributed by atoms with E-state index in [0.717, 1.165) is 51.6 Å². The zero-order chi connectivity index (χ0) is 28.9. The molecule has 42 heavy (non-hydrogen) atoms. The number of nitrogens with zero attached hydrogens (tertiary/aromatic N) is 1. The number of para-hydroxylation sites is 1. The fraction of sp³-hybridized carbons (Fsp3) is 0.171. The highest BCUT2D eigenvalue weighted by molar-refractivity contribution is 7.85. The molecule has 2 aliphatic rings. The van der Waals surface area contributed by atoms with Gasteiger partial charge in [-0.15, -0.1) is 0 Å². The van der Waals surface area contributed by atoms with E-state index >= 15 is 0 Å². The highest BCUT2D eigenvalue weighted by atomic mass is 32.2. The molecule has 0 radical (unpaired) electrons. The Bertz CT molecular complexity index is 1860. The average molecular weight is 594 g/mol. The lowest BCUT2D eigenvalue weighted by Gasteiger charge is -2.29. The average Bonchev–Trinajstić information content (AvgIpc) is 3.36. The molecule has 1 aliphatic heterocycles. The minimum atomic E-state index is -4.24. The smallest absolute Gasteiger partial charge is 0.262 e. The minimum Gasteiger partial charge on any atom is -0.748 e. The number of rotatable bonds is 9. The monoisotopic (exact) mass is 593 g/mol. The van der Waals surface area contributed by atoms with Gasteiger partial charge in [-0.3, -0.25) is 0 Å². The summed E-state index contributed by atoms with van der Waals surface area (Å²) >= 11 is 1.64. The van der Waals surface area contributed by atoms with E-state index in [1.807, 2.05) is 60.7 Å². The normalized spacial score (nSPS) is 15.9. The molecule has 0 amide bonds. The molecule has 0 saturated heterocycles. The van der Waals surface area contributed by atoms with Crippen molar-refractivity contribution in [2.24, 2.45) is 0 Å². The molecule has 2 heterocycles. The van der Waals surface area contributed by atoms with Crippen LogP contribution in [0.4, 0.5) is 0 Å². The lowest BCUT2D eigenvalue weighted by atomic mass is 9.85. The first-order valence-electron chi connectivity index (χ1n) is 14.1. The molecule has 1 aliphatic carbocycles. The van der Waals surface area contributed by atoms with Gasteiger partial charge in [-0.05, 0) is 48.1 Å². The molecule has 1 aromatic heterocycles. The Morgan fingerprint density at radius 3 is 2.31 bits per heavy atom. The summed E-state index contributed by atoms with van der Waals surface area (Å²) < 4.78 is 43.3. The van der Waals surface area contributed by atoms with Gasteiger partial charge in [0.15, 0.2) is 6.54 Å². The van der Waals surface area contributed by atoms with Gasteiger partial charge in [0, 0.05) is 35.5 Å². The number of ether oxygens (including phenoxy) is 1. The predicted molar refractivity (Wildman–Crippen MR) is 169 cm³/mol. The lowest BCUT2D eigenvalue weighted by molar-refractivity contribution is -0.668. The Morgan fingerprint density at radius 2 is 1.55 bits per heavy atom. The first-order chi connectivity index (χ1) is 20.5. The van der Waals surface area contributed by atoms with Crippen molar-refractivity contribution >= 4 is 49.1 Å². The Morgan fingerprint density at radius 1 is 0.857 bits per heavy atom. The van der Waals surface area contributed by atoms with Crippen LogP contribution in [0.1, 0.15) is 41.8 Å². The maximum atomic E-state index is 11.2. The van der Waals surface area contributed by atoms with Gasteiger partial charge in [-0.2, -0.15) is 4.57 Å². The third-order valence-corrected chi connectivity index (χ3v) is 9.37. The quantitative estimate of drug-likeness (QED) is 0.114. The van der Waals surface area contributed by atoms with Gasteiger partial charge in [-0.1, -0.05) is 102 Å². The summed E-state index contributed by atoms with van der Waals surface area (Å²) in [5, 5.41) is 1.00. The van der Waals surface area contributed by atoms with Crippen LogP contribution in [0, 0.1) is 0 Å². The molecule has 0 spiro atoms. The van der Waals surface area contributed by atoms with Crippen LogP contribution < -0.4 is 4.57 Å². The number of allylic oxidation sites excluding steroid dienone is 7. The first-order valence-corrected chi connectivity index (χ1v) is 16.5. The van der Waals surface area contributed by atoms with Crippen molar-refractivity contribution in [2.75, 3.05) is 5.75 Å². The molecule has 0 fully saturated rings. The number of aromatic nitrogens is 1. The highest BCUT2D eigenvalue weighted by Gasteiger charge is 2.27. The molecular formula is C35H31NO4S2. The van der Waals surface area contributed by atoms with Crippen LogP contribution in [-0.4, -0.2) is 18.7 Å². The molecule has 0 saturated carbocycles. The van der Waals surface area contributed by atoms with Crippen molar-refractivity contribution in [3.63, 3.8) is 0 Å². The van der Waals surface area contributed by atoms with Crippen molar-refractivity contribution in [3.8, 4) is 0 Å². The van der Waals surface area contributed by atoms with E-state index < -0.39 is 10.1 Å². The maximum Gasteiger partial charge on any atom is 0.262 e. The van der Waals surface area contributed by atoms with E-state index in [0.29, 0.717) is 6.54 Å². The zero-order valence-corrected chi connectivity index (χ0v) is 24.7. The van der Waals surface area contributed by atoms with Crippen LogP contribution in [-0.2, 0) is 21.4 Å². The van der Waals surface area contributed by atoms with E-state index in [1.54, 1.807) is 11.3 Å². The first kappa shape index (κ1) is 28.1. The molecule has 0 atom stereocenters. The fourth-order valence-electron chi connectivity index (χ4n) is 5.51. The van der Waals surface area contributed by atoms with Crippen LogP contribution in [0.25, 0.3) is 27.6 Å². The minimum absolute atomic E-state index is 0.275. The third kappa shape index (κ3) is 6.39. The van der Waals surface area contributed by atoms with E-state index in [2.05, 4.69) is 59.2 Å². The highest BCUT2D eigenvalue weighted by Crippen LogP contribution is 2.43. The number of aryl methyl sites for hydroxylation is 1. The second-order valence-electron chi connectivity index (χ2n) is 10.3. The fourth-order valence-corrected chi connectivity index (χ4v) is 7.10. The van der Waals surface area contributed by atoms with Crippen LogP contribution in [0.15, 0.2) is 126 Å². The molecule has 6 rings (SSSR count). The van der Waals surface area contributed by atoms with Crippen molar-refractivity contribution in [3.05, 3.63) is 142 Å². The second kappa shape index (κ2) is 12.4. The second-order valence-corrected chi connectivity index (χ2v) is 12.9. The zero-order valence-electron chi connectivity index (χ0n) is 23.1. The van der Waals surface area contributed by atoms with E-state index in [-0.39, 0.29) is 12.2 Å². The molecule has 4 aromatic rings. The van der Waals surface area contributed by atoms with E-state index in [9.17, 15) is 13.0 Å². The molecule has 212 valence electrons. The Hall–Kier alpha value is -4.04. The number of thiazole rings is 1. The van der Waals surface area contributed by atoms with Crippen LogP contribution in [0.3, 0.4) is 0 Å². The Kier molecular flexibility index (Phi) is 8.33. The maximum absolute atomic E-state index is 11.2. The van der Waals surface area contributed by atoms with Crippen molar-refractivity contribution in [2.45, 2.75) is 32.2 Å². The van der Waals surface area contributed by atoms with Gasteiger partial charge >= 0.3 is 0 Å². The van der Waals surface area contributed by atoms with Crippen molar-refractivity contribution in [1.29, 1.82) is 0 Å². The van der Waals surface area contributed by atoms with E-state index in [1.165, 1.54) is 22.3 Å². The summed E-state index contributed by atoms with van der Waals surface area (Å²) in [4.78, 5) is 0. The van der Waals surface area contributed by atoms with Gasteiger partial charge in [0.05, 0.1) is 10.1 Å². The number of benzene rings is 3. The molecule has 0 unspecified atom stereocenters. The van der Waals surface area contributed by atoms with Crippen LogP contribution in [0.2, 0.25) is 0 Å². The molecular weight excluding hydrogens is 563 g/mol. The van der Waals surface area contributed by atoms with Crippen molar-refractivity contribution in [1.82, 2.24) is 0 Å². The lowest BCUT2D eigenvalue weighted by Crippen LogP contribution is -2.35. The summed E-state index contributed by atoms with van der Waals surface area (Å²) in [6.45, 7) is 0.461. The molecule has 0 N–H and O–H groups in total. The van der Waals surface area contributed by atoms with Gasteiger partial charge in [-0.25, -0.2) is 8.42 Å². The Balaban J connectivity index is 1.32. The van der Waals surface area contributed by atoms with Gasteiger partial charge in [0.1, 0.15) is 16.2 Å². The standard InChI is InChI=1S/C35H31NO4S2/c37-42(38,39)24-12-23-36-31-20-8-9-21-33(31)41-34(36)22-10-7-17-28-18-11-19-29-30(26-13-3-1-4-14-26)25-32(40-35(28)29)27-15-5-2-6-16-27/h1-10,13-17,20-22,25H,11-12,18-19,23-24H2/b17-7+,22-10+. The number of hydrogen-bond acceptors (Lipinski definition) is 5. The summed E-state index contributed by atoms with van der Waals surface area (Å²) in [5.74, 6) is 1.43. The molecule has 3 aromatic carbocycles. The number of hydrogen-bond donors (Lipinski definition) is 0. The topological polar surface area (TPSA) is 70.3 Å². The van der Waals surface area contributed by atoms with Crippen molar-refractivity contribution < 1.29 is 22.3 Å². The van der Waals surface area contributed by atoms with Gasteiger partial charge in [0.2, 0.25) is 5.52 Å². The third-order valence-electron chi connectivity index (χ3n) is 7.45.